The highest BCUT2D eigenvalue weighted by atomic mass is 16.3. The van der Waals surface area contributed by atoms with Crippen molar-refractivity contribution < 1.29 is 8.83 Å². The SMILES string of the molecule is c1ccc(-c2cc3c(oc4c(N(c5ccccc5)c5ccccc5)ccc5c4c3c3ccc(N(c4ccccc4)c4ccccc4)c4oc6c7ccccc7c(-c7ccccc7)cc6c5c43)c3ccccc23)cc1. The lowest BCUT2D eigenvalue weighted by Crippen LogP contribution is -2.11. The van der Waals surface area contributed by atoms with Crippen molar-refractivity contribution in [1.29, 1.82) is 0 Å². The Morgan fingerprint density at radius 1 is 0.216 bits per heavy atom. The molecular weight excluding hydrogens is 901 g/mol. The molecular formula is C70H44N2O2. The van der Waals surface area contributed by atoms with Crippen LogP contribution >= 0.6 is 0 Å². The summed E-state index contributed by atoms with van der Waals surface area (Å²) in [6.45, 7) is 0. The Morgan fingerprint density at radius 2 is 0.514 bits per heavy atom. The van der Waals surface area contributed by atoms with E-state index in [1.165, 1.54) is 0 Å². The molecule has 2 heterocycles. The molecule has 0 aliphatic heterocycles. The number of fused-ring (bicyclic) bond motifs is 10. The van der Waals surface area contributed by atoms with Crippen molar-refractivity contribution in [1.82, 2.24) is 0 Å². The molecule has 2 aromatic heterocycles. The van der Waals surface area contributed by atoms with Crippen LogP contribution in [0, 0.1) is 0 Å². The van der Waals surface area contributed by atoms with E-state index in [1.54, 1.807) is 0 Å². The van der Waals surface area contributed by atoms with Crippen LogP contribution < -0.4 is 9.80 Å². The van der Waals surface area contributed by atoms with Gasteiger partial charge in [-0.3, -0.25) is 0 Å². The second-order valence-electron chi connectivity index (χ2n) is 19.1. The molecule has 0 radical (unpaired) electrons. The van der Waals surface area contributed by atoms with Crippen LogP contribution in [0.25, 0.3) is 109 Å². The van der Waals surface area contributed by atoms with E-state index in [-0.39, 0.29) is 0 Å². The van der Waals surface area contributed by atoms with Crippen molar-refractivity contribution in [3.05, 3.63) is 267 Å². The third-order valence-electron chi connectivity index (χ3n) is 15.0. The first-order valence-corrected chi connectivity index (χ1v) is 25.3. The third kappa shape index (κ3) is 6.42. The molecule has 0 amide bonds. The monoisotopic (exact) mass is 944 g/mol. The van der Waals surface area contributed by atoms with Gasteiger partial charge in [-0.25, -0.2) is 0 Å². The number of rotatable bonds is 8. The highest BCUT2D eigenvalue weighted by Crippen LogP contribution is 2.54. The summed E-state index contributed by atoms with van der Waals surface area (Å²) in [6.07, 6.45) is 0. The molecule has 74 heavy (non-hydrogen) atoms. The lowest BCUT2D eigenvalue weighted by molar-refractivity contribution is 0.665. The Morgan fingerprint density at radius 3 is 0.851 bits per heavy atom. The van der Waals surface area contributed by atoms with Crippen molar-refractivity contribution in [2.75, 3.05) is 9.80 Å². The number of para-hydroxylation sites is 4. The van der Waals surface area contributed by atoms with Gasteiger partial charge in [0.2, 0.25) is 0 Å². The van der Waals surface area contributed by atoms with E-state index in [2.05, 4.69) is 277 Å². The van der Waals surface area contributed by atoms with E-state index in [9.17, 15) is 0 Å². The summed E-state index contributed by atoms with van der Waals surface area (Å²) in [7, 11) is 0. The average molecular weight is 945 g/mol. The molecule has 0 fully saturated rings. The predicted molar refractivity (Wildman–Crippen MR) is 311 cm³/mol. The number of hydrogen-bond acceptors (Lipinski definition) is 4. The van der Waals surface area contributed by atoms with Gasteiger partial charge < -0.3 is 18.6 Å². The van der Waals surface area contributed by atoms with E-state index in [4.69, 9.17) is 8.83 Å². The molecule has 0 saturated carbocycles. The Labute approximate surface area is 426 Å². The summed E-state index contributed by atoms with van der Waals surface area (Å²) in [5.41, 5.74) is 13.8. The van der Waals surface area contributed by atoms with Crippen LogP contribution in [0.15, 0.2) is 276 Å². The van der Waals surface area contributed by atoms with Gasteiger partial charge in [0.1, 0.15) is 11.2 Å². The molecule has 13 aromatic carbocycles. The quantitative estimate of drug-likeness (QED) is 0.112. The van der Waals surface area contributed by atoms with Gasteiger partial charge >= 0.3 is 0 Å². The van der Waals surface area contributed by atoms with Gasteiger partial charge in [0.25, 0.3) is 0 Å². The highest BCUT2D eigenvalue weighted by molar-refractivity contribution is 6.43. The van der Waals surface area contributed by atoms with E-state index in [1.807, 2.05) is 0 Å². The summed E-state index contributed by atoms with van der Waals surface area (Å²) in [5.74, 6) is 0. The maximum Gasteiger partial charge on any atom is 0.159 e. The molecule has 0 aliphatic rings. The van der Waals surface area contributed by atoms with Gasteiger partial charge in [0, 0.05) is 65.8 Å². The fourth-order valence-electron chi connectivity index (χ4n) is 11.8. The molecule has 4 nitrogen and oxygen atoms in total. The van der Waals surface area contributed by atoms with Gasteiger partial charge in [0.05, 0.1) is 11.4 Å². The Kier molecular flexibility index (Phi) is 9.54. The second-order valence-corrected chi connectivity index (χ2v) is 19.1. The van der Waals surface area contributed by atoms with E-state index >= 15 is 0 Å². The van der Waals surface area contributed by atoms with Crippen LogP contribution in [-0.2, 0) is 0 Å². The fraction of sp³-hybridized carbons (Fsp3) is 0. The molecule has 346 valence electrons. The zero-order chi connectivity index (χ0) is 48.7. The molecule has 0 unspecified atom stereocenters. The van der Waals surface area contributed by atoms with Crippen molar-refractivity contribution in [3.8, 4) is 22.3 Å². The Bertz CT molecular complexity index is 4250. The van der Waals surface area contributed by atoms with Crippen molar-refractivity contribution in [2.45, 2.75) is 0 Å². The highest BCUT2D eigenvalue weighted by Gasteiger charge is 2.29. The number of anilines is 6. The summed E-state index contributed by atoms with van der Waals surface area (Å²) in [5, 5.41) is 12.9. The molecule has 0 spiro atoms. The molecule has 0 atom stereocenters. The number of nitrogens with zero attached hydrogens (tertiary/aromatic N) is 2. The molecule has 15 aromatic rings. The molecule has 0 saturated heterocycles. The van der Waals surface area contributed by atoms with Crippen LogP contribution in [0.2, 0.25) is 0 Å². The van der Waals surface area contributed by atoms with Gasteiger partial charge in [-0.2, -0.15) is 0 Å². The Balaban J connectivity index is 1.21. The topological polar surface area (TPSA) is 32.8 Å². The van der Waals surface area contributed by atoms with E-state index in [0.717, 1.165) is 143 Å². The second kappa shape index (κ2) is 16.9. The van der Waals surface area contributed by atoms with Crippen LogP contribution in [0.4, 0.5) is 34.1 Å². The maximum atomic E-state index is 7.75. The lowest BCUT2D eigenvalue weighted by atomic mass is 9.86. The first kappa shape index (κ1) is 41.8. The minimum absolute atomic E-state index is 0.798. The summed E-state index contributed by atoms with van der Waals surface area (Å²) in [6, 6.07) is 95.4. The van der Waals surface area contributed by atoms with Crippen molar-refractivity contribution >= 4 is 121 Å². The average Bonchev–Trinajstić information content (AvgIpc) is 3.48. The maximum absolute atomic E-state index is 7.75. The minimum atomic E-state index is 0.798. The normalized spacial score (nSPS) is 11.8. The van der Waals surface area contributed by atoms with E-state index < -0.39 is 0 Å². The number of hydrogen-bond donors (Lipinski definition) is 0. The largest absolute Gasteiger partial charge is 0.453 e. The van der Waals surface area contributed by atoms with Crippen molar-refractivity contribution in [2.24, 2.45) is 0 Å². The summed E-state index contributed by atoms with van der Waals surface area (Å²) in [4.78, 5) is 4.67. The summed E-state index contributed by atoms with van der Waals surface area (Å²) >= 11 is 0. The van der Waals surface area contributed by atoms with Crippen LogP contribution in [-0.4, -0.2) is 0 Å². The van der Waals surface area contributed by atoms with Crippen molar-refractivity contribution in [3.63, 3.8) is 0 Å². The van der Waals surface area contributed by atoms with Gasteiger partial charge in [-0.1, -0.05) is 194 Å². The van der Waals surface area contributed by atoms with Gasteiger partial charge in [0.15, 0.2) is 11.2 Å². The van der Waals surface area contributed by atoms with Gasteiger partial charge in [-0.15, -0.1) is 0 Å². The zero-order valence-electron chi connectivity index (χ0n) is 40.1. The van der Waals surface area contributed by atoms with Crippen LogP contribution in [0.3, 0.4) is 0 Å². The molecule has 0 N–H and O–H groups in total. The standard InChI is InChI=1S/C70H44N2O2/c1-7-23-45(24-8-1)57-43-59-63-55-39-41-62(72(49-31-15-5-16-32-49)50-33-17-6-18-34-50)70-66(55)64(60-44-58(46-25-9-2-10-26-46)52-36-20-22-38-54(52)68(60)74-70)56-40-42-61(69(65(56)63)73-67(59)53-37-21-19-35-51(53)57)71(47-27-11-3-12-28-47)48-29-13-4-14-30-48/h1-44H. The zero-order valence-corrected chi connectivity index (χ0v) is 40.1. The van der Waals surface area contributed by atoms with E-state index in [0.29, 0.717) is 0 Å². The minimum Gasteiger partial charge on any atom is -0.453 e. The molecule has 0 aliphatic carbocycles. The van der Waals surface area contributed by atoms with Crippen LogP contribution in [0.5, 0.6) is 0 Å². The Hall–Kier alpha value is -9.90. The molecule has 0 bridgehead atoms. The smallest absolute Gasteiger partial charge is 0.159 e. The first-order valence-electron chi connectivity index (χ1n) is 25.3. The van der Waals surface area contributed by atoms with Gasteiger partial charge in [-0.05, 0) is 117 Å². The third-order valence-corrected chi connectivity index (χ3v) is 15.0. The molecule has 15 rings (SSSR count). The predicted octanol–water partition coefficient (Wildman–Crippen LogP) is 20.4. The summed E-state index contributed by atoms with van der Waals surface area (Å²) < 4.78 is 15.5. The number of benzene rings is 13. The van der Waals surface area contributed by atoms with Crippen LogP contribution in [0.1, 0.15) is 0 Å². The fourth-order valence-corrected chi connectivity index (χ4v) is 11.8. The lowest BCUT2D eigenvalue weighted by Gasteiger charge is -2.29. The molecule has 4 heteroatoms. The first-order chi connectivity index (χ1) is 36.8.